The van der Waals surface area contributed by atoms with Crippen LogP contribution in [0, 0.1) is 5.82 Å². The van der Waals surface area contributed by atoms with Gasteiger partial charge >= 0.3 is 0 Å². The molecule has 2 heterocycles. The van der Waals surface area contributed by atoms with E-state index in [1.165, 1.54) is 12.1 Å². The van der Waals surface area contributed by atoms with Gasteiger partial charge in [-0.3, -0.25) is 4.79 Å². The zero-order valence-electron chi connectivity index (χ0n) is 10.4. The van der Waals surface area contributed by atoms with E-state index in [9.17, 15) is 9.18 Å². The second-order valence-electron chi connectivity index (χ2n) is 4.48. The van der Waals surface area contributed by atoms with Crippen LogP contribution in [-0.4, -0.2) is 41.0 Å². The summed E-state index contributed by atoms with van der Waals surface area (Å²) in [4.78, 5) is 17.8. The Morgan fingerprint density at radius 3 is 2.83 bits per heavy atom. The number of aromatic nitrogens is 1. The molecule has 1 aromatic heterocycles. The zero-order chi connectivity index (χ0) is 12.4. The van der Waals surface area contributed by atoms with Gasteiger partial charge in [-0.25, -0.2) is 9.37 Å². The van der Waals surface area contributed by atoms with E-state index >= 15 is 0 Å². The first-order valence-electron chi connectivity index (χ1n) is 5.74. The van der Waals surface area contributed by atoms with Gasteiger partial charge in [0.1, 0.15) is 11.5 Å². The van der Waals surface area contributed by atoms with Crippen molar-refractivity contribution < 1.29 is 9.18 Å². The van der Waals surface area contributed by atoms with Gasteiger partial charge in [0.15, 0.2) is 0 Å². The fourth-order valence-electron chi connectivity index (χ4n) is 1.95. The number of amides is 1. The summed E-state index contributed by atoms with van der Waals surface area (Å²) in [6.07, 6.45) is 1.07. The van der Waals surface area contributed by atoms with E-state index in [0.29, 0.717) is 12.2 Å². The SMILES string of the molecule is CC1CN(C(=O)c2ccc(F)cn2)C(C)CN1.Cl. The van der Waals surface area contributed by atoms with Gasteiger partial charge in [0.05, 0.1) is 6.20 Å². The van der Waals surface area contributed by atoms with Gasteiger partial charge in [0, 0.05) is 25.2 Å². The molecule has 0 radical (unpaired) electrons. The number of nitrogens with zero attached hydrogens (tertiary/aromatic N) is 2. The Bertz CT molecular complexity index is 412. The number of hydrogen-bond donors (Lipinski definition) is 1. The van der Waals surface area contributed by atoms with Crippen molar-refractivity contribution in [1.29, 1.82) is 0 Å². The third-order valence-corrected chi connectivity index (χ3v) is 2.97. The Morgan fingerprint density at radius 1 is 1.50 bits per heavy atom. The quantitative estimate of drug-likeness (QED) is 0.843. The summed E-state index contributed by atoms with van der Waals surface area (Å²) >= 11 is 0. The van der Waals surface area contributed by atoms with E-state index in [0.717, 1.165) is 12.7 Å². The summed E-state index contributed by atoms with van der Waals surface area (Å²) in [7, 11) is 0. The lowest BCUT2D eigenvalue weighted by atomic mass is 10.1. The summed E-state index contributed by atoms with van der Waals surface area (Å²) in [6.45, 7) is 5.44. The van der Waals surface area contributed by atoms with Gasteiger partial charge in [-0.2, -0.15) is 0 Å². The fraction of sp³-hybridized carbons (Fsp3) is 0.500. The molecule has 0 aliphatic carbocycles. The summed E-state index contributed by atoms with van der Waals surface area (Å²) in [6, 6.07) is 3.09. The minimum atomic E-state index is -0.428. The zero-order valence-corrected chi connectivity index (χ0v) is 11.2. The summed E-state index contributed by atoms with van der Waals surface area (Å²) in [5.74, 6) is -0.561. The van der Waals surface area contributed by atoms with Crippen molar-refractivity contribution in [2.75, 3.05) is 13.1 Å². The first-order chi connectivity index (χ1) is 8.08. The van der Waals surface area contributed by atoms with E-state index in [1.807, 2.05) is 13.8 Å². The second kappa shape index (κ2) is 6.11. The Balaban J connectivity index is 0.00000162. The van der Waals surface area contributed by atoms with Crippen molar-refractivity contribution in [2.24, 2.45) is 0 Å². The average Bonchev–Trinajstić information content (AvgIpc) is 2.32. The highest BCUT2D eigenvalue weighted by Gasteiger charge is 2.27. The maximum atomic E-state index is 12.7. The Labute approximate surface area is 112 Å². The van der Waals surface area contributed by atoms with Crippen molar-refractivity contribution in [3.8, 4) is 0 Å². The highest BCUT2D eigenvalue weighted by Crippen LogP contribution is 2.11. The van der Waals surface area contributed by atoms with Gasteiger partial charge in [-0.1, -0.05) is 0 Å². The third-order valence-electron chi connectivity index (χ3n) is 2.97. The topological polar surface area (TPSA) is 45.2 Å². The number of pyridine rings is 1. The number of rotatable bonds is 1. The summed E-state index contributed by atoms with van der Waals surface area (Å²) < 4.78 is 12.7. The second-order valence-corrected chi connectivity index (χ2v) is 4.48. The molecule has 0 bridgehead atoms. The van der Waals surface area contributed by atoms with Crippen LogP contribution < -0.4 is 5.32 Å². The molecule has 0 aromatic carbocycles. The number of halogens is 2. The van der Waals surface area contributed by atoms with Crippen molar-refractivity contribution in [3.05, 3.63) is 29.8 Å². The van der Waals surface area contributed by atoms with Crippen LogP contribution >= 0.6 is 12.4 Å². The maximum Gasteiger partial charge on any atom is 0.272 e. The molecular weight excluding hydrogens is 257 g/mol. The van der Waals surface area contributed by atoms with Crippen LogP contribution in [0.3, 0.4) is 0 Å². The largest absolute Gasteiger partial charge is 0.332 e. The molecular formula is C12H17ClFN3O. The molecule has 2 unspecified atom stereocenters. The third kappa shape index (κ3) is 3.17. The van der Waals surface area contributed by atoms with Crippen LogP contribution in [0.1, 0.15) is 24.3 Å². The lowest BCUT2D eigenvalue weighted by molar-refractivity contribution is 0.0610. The molecule has 1 aromatic rings. The molecule has 1 aliphatic heterocycles. The molecule has 1 amide bonds. The smallest absolute Gasteiger partial charge is 0.272 e. The van der Waals surface area contributed by atoms with E-state index in [2.05, 4.69) is 10.3 Å². The number of carbonyl (C=O) groups excluding carboxylic acids is 1. The van der Waals surface area contributed by atoms with Gasteiger partial charge < -0.3 is 10.2 Å². The molecule has 1 fully saturated rings. The van der Waals surface area contributed by atoms with Crippen LogP contribution in [0.25, 0.3) is 0 Å². The highest BCUT2D eigenvalue weighted by atomic mass is 35.5. The molecule has 1 saturated heterocycles. The molecule has 0 saturated carbocycles. The van der Waals surface area contributed by atoms with Crippen LogP contribution in [0.15, 0.2) is 18.3 Å². The Kier molecular flexibility index (Phi) is 5.04. The average molecular weight is 274 g/mol. The minimum absolute atomic E-state index is 0. The van der Waals surface area contributed by atoms with Crippen molar-refractivity contribution in [1.82, 2.24) is 15.2 Å². The van der Waals surface area contributed by atoms with Crippen LogP contribution in [-0.2, 0) is 0 Å². The minimum Gasteiger partial charge on any atom is -0.332 e. The van der Waals surface area contributed by atoms with Gasteiger partial charge in [-0.05, 0) is 26.0 Å². The van der Waals surface area contributed by atoms with Crippen molar-refractivity contribution in [2.45, 2.75) is 25.9 Å². The van der Waals surface area contributed by atoms with E-state index in [-0.39, 0.29) is 30.4 Å². The Hall–Kier alpha value is -1.20. The molecule has 4 nitrogen and oxygen atoms in total. The first-order valence-corrected chi connectivity index (χ1v) is 5.74. The maximum absolute atomic E-state index is 12.7. The molecule has 100 valence electrons. The molecule has 6 heteroatoms. The number of hydrogen-bond acceptors (Lipinski definition) is 3. The van der Waals surface area contributed by atoms with Gasteiger partial charge in [-0.15, -0.1) is 12.4 Å². The van der Waals surface area contributed by atoms with Gasteiger partial charge in [0.25, 0.3) is 5.91 Å². The standard InChI is InChI=1S/C12H16FN3O.ClH/c1-8-7-16(9(2)5-14-8)12(17)11-4-3-10(13)6-15-11;/h3-4,6,8-9,14H,5,7H2,1-2H3;1H. The molecule has 0 spiro atoms. The van der Waals surface area contributed by atoms with Crippen LogP contribution in [0.4, 0.5) is 4.39 Å². The van der Waals surface area contributed by atoms with Crippen LogP contribution in [0.5, 0.6) is 0 Å². The molecule has 18 heavy (non-hydrogen) atoms. The van der Waals surface area contributed by atoms with Gasteiger partial charge in [0.2, 0.25) is 0 Å². The fourth-order valence-corrected chi connectivity index (χ4v) is 1.95. The highest BCUT2D eigenvalue weighted by molar-refractivity contribution is 5.92. The monoisotopic (exact) mass is 273 g/mol. The predicted octanol–water partition coefficient (Wildman–Crippen LogP) is 1.46. The normalized spacial score (nSPS) is 23.4. The van der Waals surface area contributed by atoms with E-state index < -0.39 is 5.82 Å². The summed E-state index contributed by atoms with van der Waals surface area (Å²) in [5.41, 5.74) is 0.298. The van der Waals surface area contributed by atoms with Crippen molar-refractivity contribution >= 4 is 18.3 Å². The lowest BCUT2D eigenvalue weighted by Crippen LogP contribution is -2.56. The lowest BCUT2D eigenvalue weighted by Gasteiger charge is -2.37. The molecule has 1 N–H and O–H groups in total. The number of nitrogens with one attached hydrogen (secondary N) is 1. The summed E-state index contributed by atoms with van der Waals surface area (Å²) in [5, 5.41) is 3.30. The van der Waals surface area contributed by atoms with Crippen LogP contribution in [0.2, 0.25) is 0 Å². The molecule has 2 rings (SSSR count). The number of carbonyl (C=O) groups is 1. The molecule has 1 aliphatic rings. The van der Waals surface area contributed by atoms with E-state index in [4.69, 9.17) is 0 Å². The number of piperazine rings is 1. The van der Waals surface area contributed by atoms with Crippen molar-refractivity contribution in [3.63, 3.8) is 0 Å². The van der Waals surface area contributed by atoms with E-state index in [1.54, 1.807) is 4.90 Å². The molecule has 2 atom stereocenters. The Morgan fingerprint density at radius 2 is 2.22 bits per heavy atom. The predicted molar refractivity (Wildman–Crippen MR) is 69.4 cm³/mol. The first kappa shape index (κ1) is 14.9.